The van der Waals surface area contributed by atoms with E-state index in [0.717, 1.165) is 0 Å². The first-order valence-electron chi connectivity index (χ1n) is 10.0. The van der Waals surface area contributed by atoms with Crippen LogP contribution in [-0.4, -0.2) is 43.8 Å². The van der Waals surface area contributed by atoms with Gasteiger partial charge < -0.3 is 10.1 Å². The van der Waals surface area contributed by atoms with Crippen molar-refractivity contribution in [1.82, 2.24) is 9.29 Å². The number of thiazole rings is 1. The number of halogens is 1. The molecule has 0 saturated carbocycles. The Morgan fingerprint density at radius 2 is 2.03 bits per heavy atom. The van der Waals surface area contributed by atoms with Crippen molar-refractivity contribution >= 4 is 32.4 Å². The van der Waals surface area contributed by atoms with Crippen molar-refractivity contribution in [2.75, 3.05) is 25.5 Å². The maximum Gasteiger partial charge on any atom is 0.243 e. The summed E-state index contributed by atoms with van der Waals surface area (Å²) in [5.74, 6) is -1.11. The van der Waals surface area contributed by atoms with Crippen LogP contribution >= 0.6 is 11.3 Å². The van der Waals surface area contributed by atoms with E-state index in [1.165, 1.54) is 34.9 Å². The molecule has 168 valence electrons. The molecule has 1 unspecified atom stereocenters. The fourth-order valence-electron chi connectivity index (χ4n) is 3.61. The molecule has 32 heavy (non-hydrogen) atoms. The van der Waals surface area contributed by atoms with Crippen LogP contribution in [0.4, 0.5) is 9.52 Å². The van der Waals surface area contributed by atoms with E-state index in [4.69, 9.17) is 4.74 Å². The highest BCUT2D eigenvalue weighted by Gasteiger charge is 2.33. The van der Waals surface area contributed by atoms with Crippen molar-refractivity contribution in [2.24, 2.45) is 5.92 Å². The predicted molar refractivity (Wildman–Crippen MR) is 121 cm³/mol. The molecule has 1 atom stereocenters. The van der Waals surface area contributed by atoms with E-state index >= 15 is 0 Å². The Morgan fingerprint density at radius 3 is 2.75 bits per heavy atom. The summed E-state index contributed by atoms with van der Waals surface area (Å²) in [5.41, 5.74) is 1.10. The molecule has 1 amide bonds. The second-order valence-electron chi connectivity index (χ2n) is 7.39. The number of carbonyl (C=O) groups excluding carboxylic acids is 1. The van der Waals surface area contributed by atoms with E-state index < -0.39 is 21.8 Å². The highest BCUT2D eigenvalue weighted by molar-refractivity contribution is 7.89. The third kappa shape index (κ3) is 4.67. The predicted octanol–water partition coefficient (Wildman–Crippen LogP) is 4.00. The van der Waals surface area contributed by atoms with Crippen LogP contribution in [0.25, 0.3) is 11.3 Å². The van der Waals surface area contributed by atoms with Gasteiger partial charge in [0.25, 0.3) is 0 Å². The number of ether oxygens (including phenoxy) is 1. The van der Waals surface area contributed by atoms with Crippen LogP contribution in [0.5, 0.6) is 5.75 Å². The third-order valence-electron chi connectivity index (χ3n) is 5.32. The highest BCUT2D eigenvalue weighted by Crippen LogP contribution is 2.29. The smallest absolute Gasteiger partial charge is 0.243 e. The molecule has 0 aliphatic carbocycles. The lowest BCUT2D eigenvalue weighted by molar-refractivity contribution is -0.120. The molecule has 2 aromatic carbocycles. The van der Waals surface area contributed by atoms with E-state index in [0.29, 0.717) is 35.8 Å². The molecule has 1 aliphatic rings. The Kier molecular flexibility index (Phi) is 6.54. The van der Waals surface area contributed by atoms with E-state index in [-0.39, 0.29) is 23.1 Å². The van der Waals surface area contributed by atoms with Gasteiger partial charge in [0.05, 0.1) is 23.6 Å². The van der Waals surface area contributed by atoms with Crippen LogP contribution in [-0.2, 0) is 14.8 Å². The fourth-order valence-corrected chi connectivity index (χ4v) is 5.88. The van der Waals surface area contributed by atoms with Gasteiger partial charge in [0.2, 0.25) is 15.9 Å². The minimum Gasteiger partial charge on any atom is -0.494 e. The zero-order chi connectivity index (χ0) is 22.7. The second-order valence-corrected chi connectivity index (χ2v) is 10.2. The van der Waals surface area contributed by atoms with Crippen molar-refractivity contribution < 1.29 is 22.3 Å². The summed E-state index contributed by atoms with van der Waals surface area (Å²) in [6.07, 6.45) is 1.19. The number of aromatic nitrogens is 1. The van der Waals surface area contributed by atoms with E-state index in [1.807, 2.05) is 0 Å². The summed E-state index contributed by atoms with van der Waals surface area (Å²) >= 11 is 1.23. The molecular formula is C22H22FN3O4S2. The number of piperidine rings is 1. The Balaban J connectivity index is 1.44. The SMILES string of the molecule is COc1ccc(-c2csc(NC(=O)C3CCCN(S(=O)(=O)c4ccccc4)C3)n2)cc1F. The van der Waals surface area contributed by atoms with Gasteiger partial charge in [-0.2, -0.15) is 4.31 Å². The van der Waals surface area contributed by atoms with Crippen molar-refractivity contribution in [2.45, 2.75) is 17.7 Å². The zero-order valence-corrected chi connectivity index (χ0v) is 19.0. The van der Waals surface area contributed by atoms with Gasteiger partial charge in [-0.25, -0.2) is 17.8 Å². The molecule has 10 heteroatoms. The molecule has 0 bridgehead atoms. The summed E-state index contributed by atoms with van der Waals surface area (Å²) < 4.78 is 46.1. The average Bonchev–Trinajstić information content (AvgIpc) is 3.28. The molecule has 1 aromatic heterocycles. The first-order valence-corrected chi connectivity index (χ1v) is 12.4. The lowest BCUT2D eigenvalue weighted by Gasteiger charge is -2.31. The van der Waals surface area contributed by atoms with Crippen molar-refractivity contribution in [3.63, 3.8) is 0 Å². The zero-order valence-electron chi connectivity index (χ0n) is 17.3. The van der Waals surface area contributed by atoms with Crippen molar-refractivity contribution in [3.05, 3.63) is 59.7 Å². The first kappa shape index (κ1) is 22.4. The van der Waals surface area contributed by atoms with Gasteiger partial charge in [0.15, 0.2) is 16.7 Å². The average molecular weight is 476 g/mol. The van der Waals surface area contributed by atoms with E-state index in [1.54, 1.807) is 41.8 Å². The van der Waals surface area contributed by atoms with Crippen LogP contribution in [0, 0.1) is 11.7 Å². The summed E-state index contributed by atoms with van der Waals surface area (Å²) in [6.45, 7) is 0.496. The van der Waals surface area contributed by atoms with E-state index in [9.17, 15) is 17.6 Å². The molecule has 1 saturated heterocycles. The van der Waals surface area contributed by atoms with Gasteiger partial charge in [0.1, 0.15) is 0 Å². The molecular weight excluding hydrogens is 453 g/mol. The van der Waals surface area contributed by atoms with E-state index in [2.05, 4.69) is 10.3 Å². The number of benzene rings is 2. The Morgan fingerprint density at radius 1 is 1.25 bits per heavy atom. The lowest BCUT2D eigenvalue weighted by atomic mass is 9.99. The monoisotopic (exact) mass is 475 g/mol. The van der Waals surface area contributed by atoms with Crippen LogP contribution in [0.3, 0.4) is 0 Å². The van der Waals surface area contributed by atoms with Crippen LogP contribution in [0.2, 0.25) is 0 Å². The Hall–Kier alpha value is -2.82. The molecule has 4 rings (SSSR count). The first-order chi connectivity index (χ1) is 15.4. The van der Waals surface area contributed by atoms with Gasteiger partial charge in [0, 0.05) is 24.0 Å². The molecule has 1 N–H and O–H groups in total. The summed E-state index contributed by atoms with van der Waals surface area (Å²) in [5, 5.41) is 4.88. The molecule has 1 fully saturated rings. The number of amides is 1. The highest BCUT2D eigenvalue weighted by atomic mass is 32.2. The molecule has 3 aromatic rings. The van der Waals surface area contributed by atoms with Crippen LogP contribution in [0.1, 0.15) is 12.8 Å². The van der Waals surface area contributed by atoms with Crippen LogP contribution in [0.15, 0.2) is 58.8 Å². The maximum atomic E-state index is 14.0. The lowest BCUT2D eigenvalue weighted by Crippen LogP contribution is -2.43. The topological polar surface area (TPSA) is 88.6 Å². The van der Waals surface area contributed by atoms with Gasteiger partial charge >= 0.3 is 0 Å². The largest absolute Gasteiger partial charge is 0.494 e. The van der Waals surface area contributed by atoms with Gasteiger partial charge in [-0.1, -0.05) is 18.2 Å². The number of rotatable bonds is 6. The molecule has 0 radical (unpaired) electrons. The number of anilines is 1. The summed E-state index contributed by atoms with van der Waals surface area (Å²) in [4.78, 5) is 17.4. The minimum atomic E-state index is -3.65. The summed E-state index contributed by atoms with van der Waals surface area (Å²) in [6, 6.07) is 12.8. The number of sulfonamides is 1. The number of carbonyl (C=O) groups is 1. The third-order valence-corrected chi connectivity index (χ3v) is 7.95. The van der Waals surface area contributed by atoms with Crippen molar-refractivity contribution in [3.8, 4) is 17.0 Å². The number of hydrogen-bond acceptors (Lipinski definition) is 6. The van der Waals surface area contributed by atoms with Gasteiger partial charge in [-0.15, -0.1) is 11.3 Å². The summed E-state index contributed by atoms with van der Waals surface area (Å²) in [7, 11) is -2.25. The normalized spacial score (nSPS) is 17.1. The number of nitrogens with one attached hydrogen (secondary N) is 1. The number of nitrogens with zero attached hydrogens (tertiary/aromatic N) is 2. The number of methoxy groups -OCH3 is 1. The minimum absolute atomic E-state index is 0.116. The molecule has 2 heterocycles. The standard InChI is InChI=1S/C22H22FN3O4S2/c1-30-20-10-9-15(12-18(20)23)19-14-31-22(24-19)25-21(27)16-6-5-11-26(13-16)32(28,29)17-7-3-2-4-8-17/h2-4,7-10,12,14,16H,5-6,11,13H2,1H3,(H,24,25,27). The fraction of sp³-hybridized carbons (Fsp3) is 0.273. The van der Waals surface area contributed by atoms with Crippen molar-refractivity contribution in [1.29, 1.82) is 0 Å². The van der Waals surface area contributed by atoms with Gasteiger partial charge in [-0.3, -0.25) is 4.79 Å². The second kappa shape index (κ2) is 9.35. The quantitative estimate of drug-likeness (QED) is 0.582. The Labute approximate surface area is 189 Å². The van der Waals surface area contributed by atoms with Gasteiger partial charge in [-0.05, 0) is 43.2 Å². The molecule has 1 aliphatic heterocycles. The Bertz CT molecular complexity index is 1210. The maximum absolute atomic E-state index is 14.0. The number of hydrogen-bond donors (Lipinski definition) is 1. The molecule has 7 nitrogen and oxygen atoms in total. The van der Waals surface area contributed by atoms with Crippen LogP contribution < -0.4 is 10.1 Å². The molecule has 0 spiro atoms.